The van der Waals surface area contributed by atoms with Crippen LogP contribution in [0.4, 0.5) is 0 Å². The van der Waals surface area contributed by atoms with Gasteiger partial charge in [-0.05, 0) is 100 Å². The number of amides is 6. The number of nitrogens with one attached hydrogen (secondary N) is 5. The monoisotopic (exact) mass is 742 g/mol. The summed E-state index contributed by atoms with van der Waals surface area (Å²) in [6.07, 6.45) is 4.51. The molecule has 3 rings (SSSR count). The molecular weight excluding hydrogens is 680 g/mol. The Morgan fingerprint density at radius 3 is 1.87 bits per heavy atom. The molecule has 15 heteroatoms. The van der Waals surface area contributed by atoms with Crippen molar-refractivity contribution in [2.45, 2.75) is 135 Å². The minimum Gasteiger partial charge on any atom is -0.508 e. The summed E-state index contributed by atoms with van der Waals surface area (Å²) in [6, 6.07) is 0.0687. The van der Waals surface area contributed by atoms with E-state index in [0.717, 1.165) is 0 Å². The first-order valence-corrected chi connectivity index (χ1v) is 19.3. The van der Waals surface area contributed by atoms with E-state index in [1.807, 2.05) is 27.7 Å². The van der Waals surface area contributed by atoms with Crippen molar-refractivity contribution in [2.24, 2.45) is 23.3 Å². The highest BCUT2D eigenvalue weighted by Gasteiger charge is 2.40. The molecule has 10 N–H and O–H groups in total. The molecule has 0 saturated carbocycles. The van der Waals surface area contributed by atoms with Gasteiger partial charge in [0.2, 0.25) is 35.4 Å². The Kier molecular flexibility index (Phi) is 17.5. The Bertz CT molecular complexity index is 1390. The number of hydrogen-bond acceptors (Lipinski definition) is 9. The van der Waals surface area contributed by atoms with Gasteiger partial charge in [-0.2, -0.15) is 0 Å². The van der Waals surface area contributed by atoms with E-state index in [4.69, 9.17) is 11.5 Å². The molecule has 15 nitrogen and oxygen atoms in total. The summed E-state index contributed by atoms with van der Waals surface area (Å²) in [5.41, 5.74) is 12.1. The average Bonchev–Trinajstić information content (AvgIpc) is 3.62. The van der Waals surface area contributed by atoms with Crippen LogP contribution in [0.25, 0.3) is 0 Å². The summed E-state index contributed by atoms with van der Waals surface area (Å²) >= 11 is 0. The van der Waals surface area contributed by atoms with Gasteiger partial charge < -0.3 is 48.1 Å². The number of nitrogens with two attached hydrogens (primary N) is 2. The van der Waals surface area contributed by atoms with E-state index in [0.29, 0.717) is 63.6 Å². The van der Waals surface area contributed by atoms with Crippen molar-refractivity contribution >= 4 is 35.4 Å². The molecule has 0 aromatic heterocycles. The molecule has 0 unspecified atom stereocenters. The van der Waals surface area contributed by atoms with Crippen molar-refractivity contribution in [3.8, 4) is 5.75 Å². The Hall–Kier alpha value is -4.24. The fourth-order valence-electron chi connectivity index (χ4n) is 6.82. The smallest absolute Gasteiger partial charge is 0.245 e. The van der Waals surface area contributed by atoms with E-state index in [9.17, 15) is 33.9 Å². The fraction of sp³-hybridized carbons (Fsp3) is 0.684. The lowest BCUT2D eigenvalue weighted by atomic mass is 9.95. The zero-order valence-electron chi connectivity index (χ0n) is 31.8. The first-order chi connectivity index (χ1) is 25.3. The number of carbonyl (C=O) groups excluding carboxylic acids is 6. The van der Waals surface area contributed by atoms with Gasteiger partial charge in [0.1, 0.15) is 42.0 Å². The van der Waals surface area contributed by atoms with Crippen LogP contribution in [0.1, 0.15) is 97.5 Å². The minimum atomic E-state index is -1.15. The van der Waals surface area contributed by atoms with Crippen LogP contribution in [0.2, 0.25) is 0 Å². The molecule has 53 heavy (non-hydrogen) atoms. The van der Waals surface area contributed by atoms with Gasteiger partial charge in [0.15, 0.2) is 0 Å². The Labute approximate surface area is 313 Å². The highest BCUT2D eigenvalue weighted by atomic mass is 16.3. The van der Waals surface area contributed by atoms with Crippen LogP contribution in [0.15, 0.2) is 24.3 Å². The van der Waals surface area contributed by atoms with Crippen LogP contribution in [0.5, 0.6) is 5.75 Å². The van der Waals surface area contributed by atoms with Crippen molar-refractivity contribution in [3.63, 3.8) is 0 Å². The predicted octanol–water partition coefficient (Wildman–Crippen LogP) is 0.714. The van der Waals surface area contributed by atoms with Crippen LogP contribution < -0.4 is 38.1 Å². The number of phenols is 1. The maximum absolute atomic E-state index is 14.2. The first-order valence-electron chi connectivity index (χ1n) is 19.3. The molecule has 2 saturated heterocycles. The molecule has 0 radical (unpaired) electrons. The number of hydrogen-bond donors (Lipinski definition) is 8. The average molecular weight is 743 g/mol. The Morgan fingerprint density at radius 1 is 0.717 bits per heavy atom. The van der Waals surface area contributed by atoms with Crippen LogP contribution in [0, 0.1) is 11.8 Å². The van der Waals surface area contributed by atoms with Gasteiger partial charge in [-0.3, -0.25) is 28.8 Å². The number of rotatable bonds is 14. The molecule has 2 fully saturated rings. The summed E-state index contributed by atoms with van der Waals surface area (Å²) in [6.45, 7) is 8.57. The molecule has 6 amide bonds. The quantitative estimate of drug-likeness (QED) is 0.125. The summed E-state index contributed by atoms with van der Waals surface area (Å²) in [4.78, 5) is 85.7. The Balaban J connectivity index is 2.10. The van der Waals surface area contributed by atoms with Crippen molar-refractivity contribution in [1.29, 1.82) is 0 Å². The number of phenolic OH excluding ortho intramolecular Hbond substituents is 1. The molecule has 2 heterocycles. The van der Waals surface area contributed by atoms with Crippen LogP contribution >= 0.6 is 0 Å². The van der Waals surface area contributed by atoms with E-state index in [1.165, 1.54) is 17.0 Å². The van der Waals surface area contributed by atoms with E-state index in [2.05, 4.69) is 26.6 Å². The number of unbranched alkanes of at least 4 members (excludes halogenated alkanes) is 2. The highest BCUT2D eigenvalue weighted by molar-refractivity contribution is 5.98. The third-order valence-corrected chi connectivity index (χ3v) is 10.1. The lowest BCUT2D eigenvalue weighted by molar-refractivity contribution is -0.143. The van der Waals surface area contributed by atoms with Gasteiger partial charge in [0, 0.05) is 13.0 Å². The van der Waals surface area contributed by atoms with Crippen molar-refractivity contribution < 1.29 is 33.9 Å². The normalized spacial score (nSPS) is 25.8. The summed E-state index contributed by atoms with van der Waals surface area (Å²) in [5.74, 6) is -3.58. The predicted molar refractivity (Wildman–Crippen MR) is 201 cm³/mol. The summed E-state index contributed by atoms with van der Waals surface area (Å²) in [7, 11) is 0. The molecule has 7 atom stereocenters. The molecule has 0 spiro atoms. The molecule has 0 bridgehead atoms. The summed E-state index contributed by atoms with van der Waals surface area (Å²) < 4.78 is 0. The van der Waals surface area contributed by atoms with Gasteiger partial charge in [0.25, 0.3) is 0 Å². The van der Waals surface area contributed by atoms with Crippen LogP contribution in [-0.2, 0) is 35.2 Å². The first kappa shape index (κ1) is 43.2. The maximum atomic E-state index is 14.2. The second-order valence-electron chi connectivity index (χ2n) is 14.9. The lowest BCUT2D eigenvalue weighted by Gasteiger charge is -2.32. The number of benzene rings is 1. The van der Waals surface area contributed by atoms with Crippen LogP contribution in [0.3, 0.4) is 0 Å². The molecule has 296 valence electrons. The number of fused-ring (bicyclic) bond motifs is 1. The molecule has 2 aliphatic heterocycles. The molecule has 2 aliphatic rings. The number of nitrogens with zero attached hydrogens (tertiary/aromatic N) is 1. The molecule has 1 aromatic carbocycles. The topological polar surface area (TPSA) is 238 Å². The largest absolute Gasteiger partial charge is 0.508 e. The zero-order valence-corrected chi connectivity index (χ0v) is 31.8. The minimum absolute atomic E-state index is 0.0204. The zero-order chi connectivity index (χ0) is 39.1. The lowest BCUT2D eigenvalue weighted by Crippen LogP contribution is -2.62. The third-order valence-electron chi connectivity index (χ3n) is 10.1. The Morgan fingerprint density at radius 2 is 1.26 bits per heavy atom. The van der Waals surface area contributed by atoms with E-state index in [-0.39, 0.29) is 49.8 Å². The molecular formula is C38H62N8O7. The molecule has 1 aromatic rings. The van der Waals surface area contributed by atoms with Crippen molar-refractivity contribution in [3.05, 3.63) is 29.8 Å². The van der Waals surface area contributed by atoms with Crippen molar-refractivity contribution in [2.75, 3.05) is 19.6 Å². The third kappa shape index (κ3) is 13.0. The number of aromatic hydroxyl groups is 1. The van der Waals surface area contributed by atoms with Gasteiger partial charge in [-0.15, -0.1) is 0 Å². The highest BCUT2D eigenvalue weighted by Crippen LogP contribution is 2.22. The SMILES string of the molecule is CC[C@H](C)[C@@H]1NC(=O)[C@H](Cc2ccc(O)cc2)NC(=O)[C@@H]2CCCN2C(=O)[C@H](CCCCN)NC(=O)[C@H](CCCCN)NC(=O)[C@H](CC(C)C)NC1=O. The van der Waals surface area contributed by atoms with Gasteiger partial charge >= 0.3 is 0 Å². The second-order valence-corrected chi connectivity index (χ2v) is 14.9. The van der Waals surface area contributed by atoms with Crippen molar-refractivity contribution in [1.82, 2.24) is 31.5 Å². The number of carbonyl (C=O) groups is 6. The maximum Gasteiger partial charge on any atom is 0.245 e. The molecule has 0 aliphatic carbocycles. The standard InChI is InChI=1S/C38H62N8O7/c1-5-24(4)32-37(52)44-29(21-23(2)3)34(49)41-27(11-6-8-18-39)33(48)42-28(12-7-9-19-40)38(53)46-20-10-13-31(46)36(51)43-30(35(50)45-32)22-25-14-16-26(47)17-15-25/h14-17,23-24,27-32,47H,5-13,18-22,39-40H2,1-4H3,(H,41,49)(H,42,48)(H,43,51)(H,44,52)(H,45,50)/t24-,27-,28-,29-,30-,31-,32-/m0/s1. The fourth-order valence-corrected chi connectivity index (χ4v) is 6.82. The van der Waals surface area contributed by atoms with Gasteiger partial charge in [-0.1, -0.05) is 46.2 Å². The van der Waals surface area contributed by atoms with E-state index < -0.39 is 71.7 Å². The van der Waals surface area contributed by atoms with Gasteiger partial charge in [0.05, 0.1) is 0 Å². The van der Waals surface area contributed by atoms with E-state index in [1.54, 1.807) is 12.1 Å². The second kappa shape index (κ2) is 21.5. The summed E-state index contributed by atoms with van der Waals surface area (Å²) in [5, 5.41) is 24.1. The van der Waals surface area contributed by atoms with Crippen LogP contribution in [-0.4, -0.2) is 101 Å². The van der Waals surface area contributed by atoms with Gasteiger partial charge in [-0.25, -0.2) is 0 Å². The van der Waals surface area contributed by atoms with E-state index >= 15 is 0 Å².